The Morgan fingerprint density at radius 1 is 1.36 bits per heavy atom. The minimum absolute atomic E-state index is 0.110. The Morgan fingerprint density at radius 3 is 2.88 bits per heavy atom. The third kappa shape index (κ3) is 5.09. The van der Waals surface area contributed by atoms with Gasteiger partial charge >= 0.3 is 0 Å². The zero-order chi connectivity index (χ0) is 17.5. The average Bonchev–Trinajstić information content (AvgIpc) is 3.07. The summed E-state index contributed by atoms with van der Waals surface area (Å²) in [5, 5.41) is 3.14. The van der Waals surface area contributed by atoms with Crippen molar-refractivity contribution < 1.29 is 4.79 Å². The minimum Gasteiger partial charge on any atom is -0.354 e. The van der Waals surface area contributed by atoms with E-state index in [0.717, 1.165) is 25.2 Å². The summed E-state index contributed by atoms with van der Waals surface area (Å²) in [5.41, 5.74) is 4.07. The average molecular weight is 359 g/mol. The van der Waals surface area contributed by atoms with Crippen LogP contribution >= 0.6 is 11.3 Å². The molecule has 134 valence electrons. The van der Waals surface area contributed by atoms with Crippen LogP contribution in [0.5, 0.6) is 0 Å². The van der Waals surface area contributed by atoms with E-state index in [-0.39, 0.29) is 11.9 Å². The van der Waals surface area contributed by atoms with Crippen LogP contribution in [0.25, 0.3) is 0 Å². The number of pyridine rings is 1. The number of likely N-dealkylation sites (tertiary alicyclic amines) is 1. The Kier molecular flexibility index (Phi) is 6.53. The smallest absolute Gasteiger partial charge is 0.220 e. The molecule has 1 saturated heterocycles. The maximum Gasteiger partial charge on any atom is 0.220 e. The first-order chi connectivity index (χ1) is 12.2. The van der Waals surface area contributed by atoms with Crippen molar-refractivity contribution in [2.24, 2.45) is 0 Å². The van der Waals surface area contributed by atoms with E-state index < -0.39 is 0 Å². The van der Waals surface area contributed by atoms with Crippen LogP contribution in [0.2, 0.25) is 0 Å². The van der Waals surface area contributed by atoms with E-state index in [4.69, 9.17) is 0 Å². The number of hydrogen-bond donors (Lipinski definition) is 1. The predicted molar refractivity (Wildman–Crippen MR) is 101 cm³/mol. The van der Waals surface area contributed by atoms with Crippen LogP contribution in [0.4, 0.5) is 0 Å². The molecule has 0 bridgehead atoms. The highest BCUT2D eigenvalue weighted by molar-refractivity contribution is 7.09. The van der Waals surface area contributed by atoms with Crippen LogP contribution in [0.1, 0.15) is 47.9 Å². The molecule has 0 aromatic carbocycles. The second-order valence-electron chi connectivity index (χ2n) is 6.56. The Bertz CT molecular complexity index is 667. The van der Waals surface area contributed by atoms with Crippen molar-refractivity contribution in [3.05, 3.63) is 46.2 Å². The number of carbonyl (C=O) groups excluding carboxylic acids is 1. The van der Waals surface area contributed by atoms with Gasteiger partial charge in [-0.25, -0.2) is 4.98 Å². The van der Waals surface area contributed by atoms with Gasteiger partial charge in [-0.2, -0.15) is 0 Å². The molecule has 3 rings (SSSR count). The lowest BCUT2D eigenvalue weighted by atomic mass is 10.0. The van der Waals surface area contributed by atoms with Crippen molar-refractivity contribution >= 4 is 17.2 Å². The van der Waals surface area contributed by atoms with Gasteiger partial charge in [0.2, 0.25) is 5.91 Å². The van der Waals surface area contributed by atoms with E-state index in [1.54, 1.807) is 17.5 Å². The number of aromatic nitrogens is 2. The van der Waals surface area contributed by atoms with Crippen LogP contribution in [0, 0.1) is 6.92 Å². The minimum atomic E-state index is 0.110. The number of nitrogens with zero attached hydrogens (tertiary/aromatic N) is 3. The normalized spacial score (nSPS) is 16.5. The number of thiazole rings is 1. The van der Waals surface area contributed by atoms with E-state index in [2.05, 4.69) is 26.3 Å². The van der Waals surface area contributed by atoms with Gasteiger partial charge in [-0.05, 0) is 50.9 Å². The molecule has 1 fully saturated rings. The number of rotatable bonds is 7. The van der Waals surface area contributed by atoms with Crippen LogP contribution in [0.3, 0.4) is 0 Å². The number of amides is 1. The number of piperidine rings is 1. The lowest BCUT2D eigenvalue weighted by Gasteiger charge is -2.34. The van der Waals surface area contributed by atoms with Crippen molar-refractivity contribution in [1.82, 2.24) is 20.2 Å². The van der Waals surface area contributed by atoms with Gasteiger partial charge in [-0.15, -0.1) is 11.3 Å². The first-order valence-electron chi connectivity index (χ1n) is 9.03. The Morgan fingerprint density at radius 2 is 2.20 bits per heavy atom. The van der Waals surface area contributed by atoms with Crippen molar-refractivity contribution in [2.45, 2.75) is 45.1 Å². The lowest BCUT2D eigenvalue weighted by Crippen LogP contribution is -2.40. The van der Waals surface area contributed by atoms with E-state index in [1.807, 2.05) is 24.7 Å². The molecular weight excluding hydrogens is 332 g/mol. The van der Waals surface area contributed by atoms with Gasteiger partial charge in [-0.1, -0.05) is 12.5 Å². The molecule has 1 N–H and O–H groups in total. The molecule has 6 heteroatoms. The third-order valence-electron chi connectivity index (χ3n) is 4.82. The summed E-state index contributed by atoms with van der Waals surface area (Å²) in [6, 6.07) is 4.29. The summed E-state index contributed by atoms with van der Waals surface area (Å²) in [7, 11) is 0. The molecule has 2 aromatic rings. The monoisotopic (exact) mass is 358 g/mol. The van der Waals surface area contributed by atoms with Crippen molar-refractivity contribution in [1.29, 1.82) is 0 Å². The van der Waals surface area contributed by atoms with Crippen LogP contribution in [0.15, 0.2) is 30.0 Å². The fourth-order valence-electron chi connectivity index (χ4n) is 3.35. The zero-order valence-electron chi connectivity index (χ0n) is 14.8. The second-order valence-corrected chi connectivity index (χ2v) is 7.50. The Labute approximate surface area is 153 Å². The van der Waals surface area contributed by atoms with Gasteiger partial charge in [0.05, 0.1) is 17.2 Å². The molecule has 1 aliphatic heterocycles. The highest BCUT2D eigenvalue weighted by Crippen LogP contribution is 2.23. The molecule has 0 aliphatic carbocycles. The van der Waals surface area contributed by atoms with Gasteiger partial charge in [0.15, 0.2) is 0 Å². The Hall–Kier alpha value is -1.79. The molecule has 0 radical (unpaired) electrons. The highest BCUT2D eigenvalue weighted by atomic mass is 32.1. The largest absolute Gasteiger partial charge is 0.354 e. The number of aryl methyl sites for hydroxylation is 2. The quantitative estimate of drug-likeness (QED) is 0.826. The summed E-state index contributed by atoms with van der Waals surface area (Å²) in [5.74, 6) is 0.110. The standard InChI is InChI=1S/C19H26N4OS/c1-15-18(25-14-22-15)7-8-19(24)21-13-17(16-6-5-9-20-12-16)23-10-3-2-4-11-23/h5-6,9,12,14,17H,2-4,7-8,10-11,13H2,1H3,(H,21,24). The molecule has 1 amide bonds. The van der Waals surface area contributed by atoms with Crippen LogP contribution in [-0.2, 0) is 11.2 Å². The molecule has 25 heavy (non-hydrogen) atoms. The first-order valence-corrected chi connectivity index (χ1v) is 9.91. The maximum absolute atomic E-state index is 12.3. The van der Waals surface area contributed by atoms with E-state index in [1.165, 1.54) is 29.7 Å². The maximum atomic E-state index is 12.3. The SMILES string of the molecule is Cc1ncsc1CCC(=O)NCC(c1cccnc1)N1CCCCC1. The highest BCUT2D eigenvalue weighted by Gasteiger charge is 2.23. The number of nitrogens with one attached hydrogen (secondary N) is 1. The molecule has 2 aromatic heterocycles. The van der Waals surface area contributed by atoms with E-state index in [9.17, 15) is 4.79 Å². The fraction of sp³-hybridized carbons (Fsp3) is 0.526. The van der Waals surface area contributed by atoms with Gasteiger partial charge in [0.1, 0.15) is 0 Å². The van der Waals surface area contributed by atoms with Crippen molar-refractivity contribution in [2.75, 3.05) is 19.6 Å². The van der Waals surface area contributed by atoms with E-state index >= 15 is 0 Å². The molecule has 0 spiro atoms. The van der Waals surface area contributed by atoms with Crippen molar-refractivity contribution in [3.8, 4) is 0 Å². The summed E-state index contributed by atoms with van der Waals surface area (Å²) >= 11 is 1.63. The van der Waals surface area contributed by atoms with Gasteiger partial charge in [0, 0.05) is 30.2 Å². The van der Waals surface area contributed by atoms with Crippen molar-refractivity contribution in [3.63, 3.8) is 0 Å². The summed E-state index contributed by atoms with van der Waals surface area (Å²) in [4.78, 5) is 24.5. The molecule has 3 heterocycles. The van der Waals surface area contributed by atoms with Crippen LogP contribution < -0.4 is 5.32 Å². The topological polar surface area (TPSA) is 58.1 Å². The summed E-state index contributed by atoms with van der Waals surface area (Å²) < 4.78 is 0. The molecular formula is C19H26N4OS. The Balaban J connectivity index is 1.56. The summed E-state index contributed by atoms with van der Waals surface area (Å²) in [6.45, 7) is 4.83. The van der Waals surface area contributed by atoms with Crippen LogP contribution in [-0.4, -0.2) is 40.4 Å². The molecule has 1 unspecified atom stereocenters. The molecule has 1 atom stereocenters. The van der Waals surface area contributed by atoms with E-state index in [0.29, 0.717) is 13.0 Å². The number of carbonyl (C=O) groups is 1. The third-order valence-corrected chi connectivity index (χ3v) is 5.81. The van der Waals surface area contributed by atoms with Gasteiger partial charge in [-0.3, -0.25) is 14.7 Å². The van der Waals surface area contributed by atoms with Gasteiger partial charge < -0.3 is 5.32 Å². The molecule has 5 nitrogen and oxygen atoms in total. The number of hydrogen-bond acceptors (Lipinski definition) is 5. The van der Waals surface area contributed by atoms with Gasteiger partial charge in [0.25, 0.3) is 0 Å². The molecule has 1 aliphatic rings. The fourth-order valence-corrected chi connectivity index (χ4v) is 4.13. The summed E-state index contributed by atoms with van der Waals surface area (Å²) in [6.07, 6.45) is 8.77. The zero-order valence-corrected chi connectivity index (χ0v) is 15.6. The predicted octanol–water partition coefficient (Wildman–Crippen LogP) is 3.12. The molecule has 0 saturated carbocycles. The first kappa shape index (κ1) is 18.0. The second kappa shape index (κ2) is 9.06. The lowest BCUT2D eigenvalue weighted by molar-refractivity contribution is -0.121.